The van der Waals surface area contributed by atoms with Gasteiger partial charge >= 0.3 is 0 Å². The first-order valence-electron chi connectivity index (χ1n) is 8.61. The molecule has 138 valence electrons. The van der Waals surface area contributed by atoms with Crippen LogP contribution in [-0.4, -0.2) is 17.5 Å². The number of aryl methyl sites for hydroxylation is 1. The molecule has 0 aliphatic heterocycles. The molecule has 0 saturated carbocycles. The van der Waals surface area contributed by atoms with Crippen LogP contribution in [0.4, 0.5) is 11.5 Å². The largest absolute Gasteiger partial charge is 0.490 e. The predicted octanol–water partition coefficient (Wildman–Crippen LogP) is 4.42. The molecule has 0 aliphatic carbocycles. The van der Waals surface area contributed by atoms with Gasteiger partial charge in [-0.3, -0.25) is 4.79 Å². The van der Waals surface area contributed by atoms with Gasteiger partial charge in [0.2, 0.25) is 0 Å². The Morgan fingerprint density at radius 3 is 2.41 bits per heavy atom. The zero-order valence-electron chi connectivity index (χ0n) is 15.2. The minimum absolute atomic E-state index is 0.208. The number of nitrogens with two attached hydrogens (primary N) is 1. The summed E-state index contributed by atoms with van der Waals surface area (Å²) in [4.78, 5) is 16.5. The Balaban J connectivity index is 1.69. The molecule has 1 amide bonds. The Morgan fingerprint density at radius 1 is 1.04 bits per heavy atom. The first kappa shape index (κ1) is 18.3. The second-order valence-electron chi connectivity index (χ2n) is 5.85. The number of pyridine rings is 1. The number of hydrogen-bond donors (Lipinski definition) is 2. The summed E-state index contributed by atoms with van der Waals surface area (Å²) < 4.78 is 11.4. The fourth-order valence-electron chi connectivity index (χ4n) is 2.51. The predicted molar refractivity (Wildman–Crippen MR) is 105 cm³/mol. The molecular formula is C21H21N3O3. The molecule has 0 unspecified atom stereocenters. The highest BCUT2D eigenvalue weighted by molar-refractivity contribution is 6.07. The number of ether oxygens (including phenoxy) is 2. The van der Waals surface area contributed by atoms with Crippen LogP contribution in [0.5, 0.6) is 17.2 Å². The highest BCUT2D eigenvalue weighted by Gasteiger charge is 2.11. The van der Waals surface area contributed by atoms with E-state index in [2.05, 4.69) is 10.3 Å². The van der Waals surface area contributed by atoms with Gasteiger partial charge in [-0.1, -0.05) is 12.1 Å². The second-order valence-corrected chi connectivity index (χ2v) is 5.85. The maximum Gasteiger partial charge on any atom is 0.259 e. The van der Waals surface area contributed by atoms with Crippen molar-refractivity contribution in [2.24, 2.45) is 0 Å². The number of nitrogens with zero attached hydrogens (tertiary/aromatic N) is 1. The molecular weight excluding hydrogens is 342 g/mol. The van der Waals surface area contributed by atoms with Crippen molar-refractivity contribution < 1.29 is 14.3 Å². The molecule has 0 fully saturated rings. The van der Waals surface area contributed by atoms with Crippen LogP contribution in [0, 0.1) is 6.92 Å². The summed E-state index contributed by atoms with van der Waals surface area (Å²) in [6.07, 6.45) is 0. The standard InChI is InChI=1S/C21H21N3O3/c1-3-26-18-6-4-5-7-19(18)27-16-11-9-15(10-12-16)24-21(25)17-13-8-14(2)23-20(17)22/h4-13H,3H2,1-2H3,(H2,22,23)(H,24,25). The number of rotatable bonds is 6. The van der Waals surface area contributed by atoms with E-state index in [1.807, 2.05) is 38.1 Å². The first-order valence-corrected chi connectivity index (χ1v) is 8.61. The number of carbonyl (C=O) groups excluding carboxylic acids is 1. The van der Waals surface area contributed by atoms with Crippen molar-refractivity contribution in [1.29, 1.82) is 0 Å². The number of aromatic nitrogens is 1. The number of benzene rings is 2. The van der Waals surface area contributed by atoms with Crippen molar-refractivity contribution in [1.82, 2.24) is 4.98 Å². The summed E-state index contributed by atoms with van der Waals surface area (Å²) in [5.41, 5.74) is 7.55. The molecule has 3 aromatic rings. The number of hydrogen-bond acceptors (Lipinski definition) is 5. The molecule has 0 spiro atoms. The van der Waals surface area contributed by atoms with E-state index < -0.39 is 0 Å². The lowest BCUT2D eigenvalue weighted by atomic mass is 10.2. The van der Waals surface area contributed by atoms with E-state index in [-0.39, 0.29) is 11.7 Å². The SMILES string of the molecule is CCOc1ccccc1Oc1ccc(NC(=O)c2ccc(C)nc2N)cc1. The van der Waals surface area contributed by atoms with E-state index in [1.165, 1.54) is 0 Å². The Labute approximate surface area is 158 Å². The molecule has 0 bridgehead atoms. The molecule has 0 atom stereocenters. The summed E-state index contributed by atoms with van der Waals surface area (Å²) in [6, 6.07) is 17.9. The number of carbonyl (C=O) groups is 1. The molecule has 1 aromatic heterocycles. The normalized spacial score (nSPS) is 10.3. The van der Waals surface area contributed by atoms with Gasteiger partial charge in [0.25, 0.3) is 5.91 Å². The van der Waals surface area contributed by atoms with Crippen LogP contribution in [0.25, 0.3) is 0 Å². The first-order chi connectivity index (χ1) is 13.1. The number of nitrogens with one attached hydrogen (secondary N) is 1. The van der Waals surface area contributed by atoms with Crippen LogP contribution in [0.2, 0.25) is 0 Å². The van der Waals surface area contributed by atoms with Crippen molar-refractivity contribution in [2.45, 2.75) is 13.8 Å². The summed E-state index contributed by atoms with van der Waals surface area (Å²) in [5, 5.41) is 2.80. The van der Waals surface area contributed by atoms with Gasteiger partial charge in [0.15, 0.2) is 11.5 Å². The van der Waals surface area contributed by atoms with Crippen LogP contribution >= 0.6 is 0 Å². The number of amides is 1. The van der Waals surface area contributed by atoms with Crippen molar-refractivity contribution >= 4 is 17.4 Å². The lowest BCUT2D eigenvalue weighted by Gasteiger charge is -2.12. The number of nitrogen functional groups attached to an aromatic ring is 1. The second kappa shape index (κ2) is 8.23. The summed E-state index contributed by atoms with van der Waals surface area (Å²) in [7, 11) is 0. The monoisotopic (exact) mass is 363 g/mol. The molecule has 0 radical (unpaired) electrons. The van der Waals surface area contributed by atoms with Gasteiger partial charge in [0.1, 0.15) is 11.6 Å². The van der Waals surface area contributed by atoms with Gasteiger partial charge in [-0.2, -0.15) is 0 Å². The summed E-state index contributed by atoms with van der Waals surface area (Å²) in [6.45, 7) is 4.30. The summed E-state index contributed by atoms with van der Waals surface area (Å²) >= 11 is 0. The number of para-hydroxylation sites is 2. The Morgan fingerprint density at radius 2 is 1.74 bits per heavy atom. The van der Waals surface area contributed by atoms with Gasteiger partial charge in [-0.25, -0.2) is 4.98 Å². The minimum atomic E-state index is -0.310. The Hall–Kier alpha value is -3.54. The van der Waals surface area contributed by atoms with E-state index in [4.69, 9.17) is 15.2 Å². The highest BCUT2D eigenvalue weighted by Crippen LogP contribution is 2.31. The lowest BCUT2D eigenvalue weighted by Crippen LogP contribution is -2.15. The average Bonchev–Trinajstić information content (AvgIpc) is 2.65. The third kappa shape index (κ3) is 4.55. The van der Waals surface area contributed by atoms with Gasteiger partial charge in [-0.15, -0.1) is 0 Å². The fourth-order valence-corrected chi connectivity index (χ4v) is 2.51. The van der Waals surface area contributed by atoms with Crippen LogP contribution in [0.3, 0.4) is 0 Å². The van der Waals surface area contributed by atoms with Gasteiger partial charge in [0.05, 0.1) is 12.2 Å². The van der Waals surface area contributed by atoms with Gasteiger partial charge in [-0.05, 0) is 62.4 Å². The molecule has 6 nitrogen and oxygen atoms in total. The molecule has 3 N–H and O–H groups in total. The van der Waals surface area contributed by atoms with E-state index in [9.17, 15) is 4.79 Å². The minimum Gasteiger partial charge on any atom is -0.490 e. The van der Waals surface area contributed by atoms with E-state index in [0.717, 1.165) is 5.69 Å². The molecule has 0 aliphatic rings. The third-order valence-corrected chi connectivity index (χ3v) is 3.80. The maximum atomic E-state index is 12.4. The molecule has 27 heavy (non-hydrogen) atoms. The highest BCUT2D eigenvalue weighted by atomic mass is 16.5. The molecule has 2 aromatic carbocycles. The third-order valence-electron chi connectivity index (χ3n) is 3.80. The Kier molecular flexibility index (Phi) is 5.56. The van der Waals surface area contributed by atoms with Gasteiger partial charge < -0.3 is 20.5 Å². The molecule has 6 heteroatoms. The topological polar surface area (TPSA) is 86.5 Å². The van der Waals surface area contributed by atoms with Crippen molar-refractivity contribution in [3.05, 3.63) is 71.9 Å². The van der Waals surface area contributed by atoms with E-state index in [1.54, 1.807) is 36.4 Å². The molecule has 1 heterocycles. The molecule has 0 saturated heterocycles. The fraction of sp³-hybridized carbons (Fsp3) is 0.143. The zero-order chi connectivity index (χ0) is 19.2. The van der Waals surface area contributed by atoms with Crippen LogP contribution in [-0.2, 0) is 0 Å². The van der Waals surface area contributed by atoms with Crippen molar-refractivity contribution in [3.8, 4) is 17.2 Å². The smallest absolute Gasteiger partial charge is 0.259 e. The number of anilines is 2. The van der Waals surface area contributed by atoms with Crippen LogP contribution in [0.15, 0.2) is 60.7 Å². The zero-order valence-corrected chi connectivity index (χ0v) is 15.2. The molecule has 3 rings (SSSR count). The average molecular weight is 363 g/mol. The van der Waals surface area contributed by atoms with E-state index >= 15 is 0 Å². The quantitative estimate of drug-likeness (QED) is 0.677. The maximum absolute atomic E-state index is 12.4. The van der Waals surface area contributed by atoms with Crippen molar-refractivity contribution in [3.63, 3.8) is 0 Å². The lowest BCUT2D eigenvalue weighted by molar-refractivity contribution is 0.102. The van der Waals surface area contributed by atoms with E-state index in [0.29, 0.717) is 35.1 Å². The van der Waals surface area contributed by atoms with Gasteiger partial charge in [0, 0.05) is 11.4 Å². The summed E-state index contributed by atoms with van der Waals surface area (Å²) in [5.74, 6) is 1.85. The van der Waals surface area contributed by atoms with Crippen LogP contribution < -0.4 is 20.5 Å². The van der Waals surface area contributed by atoms with Crippen molar-refractivity contribution in [2.75, 3.05) is 17.7 Å². The Bertz CT molecular complexity index is 940. The van der Waals surface area contributed by atoms with Crippen LogP contribution in [0.1, 0.15) is 23.0 Å².